The van der Waals surface area contributed by atoms with Crippen molar-refractivity contribution >= 4 is 18.2 Å². The van der Waals surface area contributed by atoms with Crippen LogP contribution in [0.4, 0.5) is 0 Å². The molecule has 0 aromatic heterocycles. The smallest absolute Gasteiger partial charge is 0.320 e. The van der Waals surface area contributed by atoms with E-state index in [0.29, 0.717) is 22.6 Å². The number of carbonyl (C=O) groups is 2. The van der Waals surface area contributed by atoms with Gasteiger partial charge >= 0.3 is 11.9 Å². The van der Waals surface area contributed by atoms with E-state index in [1.54, 1.807) is 12.1 Å². The van der Waals surface area contributed by atoms with Gasteiger partial charge in [0, 0.05) is 4.90 Å². The molecule has 1 aliphatic heterocycles. The summed E-state index contributed by atoms with van der Waals surface area (Å²) in [6, 6.07) is 3.24. The van der Waals surface area contributed by atoms with Crippen LogP contribution in [0.15, 0.2) is 12.1 Å². The first kappa shape index (κ1) is 18.4. The van der Waals surface area contributed by atoms with Crippen molar-refractivity contribution in [2.45, 2.75) is 12.5 Å². The average molecular weight is 353 g/mol. The quantitative estimate of drug-likeness (QED) is 0.423. The van der Waals surface area contributed by atoms with E-state index in [-0.39, 0.29) is 11.3 Å². The molecule has 0 radical (unpaired) electrons. The van der Waals surface area contributed by atoms with Crippen LogP contribution in [0.25, 0.3) is 0 Å². The predicted octanol–water partition coefficient (Wildman–Crippen LogP) is 0.972. The van der Waals surface area contributed by atoms with Gasteiger partial charge in [-0.3, -0.25) is 14.8 Å². The van der Waals surface area contributed by atoms with Crippen LogP contribution in [-0.2, 0) is 23.9 Å². The molecule has 1 aliphatic rings. The fraction of sp³-hybridized carbons (Fsp3) is 0.438. The summed E-state index contributed by atoms with van der Waals surface area (Å²) in [5.41, 5.74) is 1.10. The molecule has 0 saturated carbocycles. The van der Waals surface area contributed by atoms with Crippen molar-refractivity contribution in [2.75, 3.05) is 28.4 Å². The minimum absolute atomic E-state index is 0.131. The number of nitrogens with zero attached hydrogens (tertiary/aromatic N) is 1. The zero-order chi connectivity index (χ0) is 18.6. The predicted molar refractivity (Wildman–Crippen MR) is 84.3 cm³/mol. The normalized spacial score (nSPS) is 15.6. The Balaban J connectivity index is 2.42. The van der Waals surface area contributed by atoms with E-state index in [1.807, 2.05) is 0 Å². The van der Waals surface area contributed by atoms with Crippen LogP contribution in [0.1, 0.15) is 23.7 Å². The molecular weight excluding hydrogens is 334 g/mol. The Morgan fingerprint density at radius 1 is 1.12 bits per heavy atom. The third-order valence-electron chi connectivity index (χ3n) is 3.83. The van der Waals surface area contributed by atoms with Crippen LogP contribution in [0.3, 0.4) is 0 Å². The van der Waals surface area contributed by atoms with Crippen LogP contribution in [0.5, 0.6) is 11.5 Å². The molecular formula is C16H19NO8. The van der Waals surface area contributed by atoms with Gasteiger partial charge in [0.05, 0.1) is 40.1 Å². The Hall–Kier alpha value is -2.97. The van der Waals surface area contributed by atoms with Crippen LogP contribution in [0.2, 0.25) is 0 Å². The average Bonchev–Trinajstić information content (AvgIpc) is 2.63. The number of hydrogen-bond donors (Lipinski definition) is 0. The maximum absolute atomic E-state index is 11.9. The molecule has 0 fully saturated rings. The van der Waals surface area contributed by atoms with E-state index in [0.717, 1.165) is 14.2 Å². The highest BCUT2D eigenvalue weighted by Gasteiger charge is 2.35. The zero-order valence-electron chi connectivity index (χ0n) is 14.3. The van der Waals surface area contributed by atoms with Gasteiger partial charge in [-0.25, -0.2) is 0 Å². The van der Waals surface area contributed by atoms with E-state index < -0.39 is 24.0 Å². The molecule has 1 aromatic rings. The van der Waals surface area contributed by atoms with E-state index in [4.69, 9.17) is 14.3 Å². The van der Waals surface area contributed by atoms with Crippen LogP contribution in [0, 0.1) is 11.1 Å². The highest BCUT2D eigenvalue weighted by atomic mass is 16.9. The lowest BCUT2D eigenvalue weighted by Crippen LogP contribution is -2.31. The molecule has 9 heteroatoms. The van der Waals surface area contributed by atoms with Gasteiger partial charge in [0.2, 0.25) is 6.21 Å². The number of ether oxygens (including phenoxy) is 4. The van der Waals surface area contributed by atoms with Gasteiger partial charge in [-0.2, -0.15) is 0 Å². The summed E-state index contributed by atoms with van der Waals surface area (Å²) in [4.78, 5) is 29.2. The van der Waals surface area contributed by atoms with Crippen molar-refractivity contribution in [3.8, 4) is 11.5 Å². The van der Waals surface area contributed by atoms with Crippen LogP contribution >= 0.6 is 0 Å². The molecule has 1 atom stereocenters. The van der Waals surface area contributed by atoms with E-state index in [9.17, 15) is 14.8 Å². The molecule has 25 heavy (non-hydrogen) atoms. The SMILES string of the molecule is COC(=O)C(CC1O[N+]([O-])=Cc2cc(OC)c(OC)cc21)C(=O)OC. The Kier molecular flexibility index (Phi) is 5.68. The molecule has 0 spiro atoms. The second kappa shape index (κ2) is 7.73. The number of rotatable bonds is 6. The van der Waals surface area contributed by atoms with Gasteiger partial charge in [0.25, 0.3) is 0 Å². The first-order valence-electron chi connectivity index (χ1n) is 7.34. The molecule has 1 heterocycles. The Labute approximate surface area is 144 Å². The Morgan fingerprint density at radius 3 is 2.20 bits per heavy atom. The summed E-state index contributed by atoms with van der Waals surface area (Å²) in [5.74, 6) is -1.92. The minimum atomic E-state index is -1.23. The fourth-order valence-electron chi connectivity index (χ4n) is 2.58. The molecule has 1 aromatic carbocycles. The topological polar surface area (TPSA) is 106 Å². The van der Waals surface area contributed by atoms with Gasteiger partial charge in [-0.1, -0.05) is 0 Å². The number of esters is 2. The summed E-state index contributed by atoms with van der Waals surface area (Å²) < 4.78 is 19.7. The van der Waals surface area contributed by atoms with Crippen molar-refractivity contribution in [3.05, 3.63) is 28.5 Å². The third-order valence-corrected chi connectivity index (χ3v) is 3.83. The van der Waals surface area contributed by atoms with Crippen molar-refractivity contribution < 1.29 is 38.3 Å². The first-order valence-corrected chi connectivity index (χ1v) is 7.34. The lowest BCUT2D eigenvalue weighted by atomic mass is 9.93. The van der Waals surface area contributed by atoms with E-state index in [1.165, 1.54) is 20.4 Å². The van der Waals surface area contributed by atoms with Gasteiger partial charge in [-0.15, -0.1) is 0 Å². The molecule has 2 rings (SSSR count). The minimum Gasteiger partial charge on any atom is -0.493 e. The van der Waals surface area contributed by atoms with Gasteiger partial charge in [0.15, 0.2) is 17.4 Å². The lowest BCUT2D eigenvalue weighted by Gasteiger charge is -2.27. The van der Waals surface area contributed by atoms with Gasteiger partial charge in [-0.05, 0) is 24.1 Å². The Morgan fingerprint density at radius 2 is 1.68 bits per heavy atom. The highest BCUT2D eigenvalue weighted by molar-refractivity contribution is 5.95. The molecule has 0 N–H and O–H groups in total. The molecule has 0 bridgehead atoms. The monoisotopic (exact) mass is 353 g/mol. The van der Waals surface area contributed by atoms with Gasteiger partial charge in [0.1, 0.15) is 0 Å². The summed E-state index contributed by atoms with van der Waals surface area (Å²) in [6.45, 7) is 0. The molecule has 9 nitrogen and oxygen atoms in total. The van der Waals surface area contributed by atoms with Crippen molar-refractivity contribution in [1.82, 2.24) is 0 Å². The molecule has 0 aliphatic carbocycles. The lowest BCUT2D eigenvalue weighted by molar-refractivity contribution is -0.754. The molecule has 1 unspecified atom stereocenters. The number of carbonyl (C=O) groups excluding carboxylic acids is 2. The molecule has 0 amide bonds. The second-order valence-corrected chi connectivity index (χ2v) is 5.18. The maximum atomic E-state index is 11.9. The van der Waals surface area contributed by atoms with E-state index in [2.05, 4.69) is 9.47 Å². The van der Waals surface area contributed by atoms with Gasteiger partial charge < -0.3 is 23.8 Å². The van der Waals surface area contributed by atoms with Crippen molar-refractivity contribution in [2.24, 2.45) is 5.92 Å². The third kappa shape index (κ3) is 3.76. The fourth-order valence-corrected chi connectivity index (χ4v) is 2.58. The van der Waals surface area contributed by atoms with Crippen LogP contribution < -0.4 is 9.47 Å². The number of fused-ring (bicyclic) bond motifs is 1. The first-order chi connectivity index (χ1) is 11.9. The maximum Gasteiger partial charge on any atom is 0.320 e. The second-order valence-electron chi connectivity index (χ2n) is 5.18. The summed E-state index contributed by atoms with van der Waals surface area (Å²) >= 11 is 0. The summed E-state index contributed by atoms with van der Waals surface area (Å²) in [5, 5.41) is 11.8. The molecule has 0 saturated heterocycles. The number of methoxy groups -OCH3 is 4. The largest absolute Gasteiger partial charge is 0.493 e. The highest BCUT2D eigenvalue weighted by Crippen LogP contribution is 2.38. The number of benzene rings is 1. The number of hydrogen-bond acceptors (Lipinski definition) is 8. The zero-order valence-corrected chi connectivity index (χ0v) is 14.3. The molecule has 136 valence electrons. The van der Waals surface area contributed by atoms with E-state index >= 15 is 0 Å². The summed E-state index contributed by atoms with van der Waals surface area (Å²) in [6.07, 6.45) is 0.216. The summed E-state index contributed by atoms with van der Waals surface area (Å²) in [7, 11) is 5.27. The Bertz CT molecular complexity index is 684. The van der Waals surface area contributed by atoms with Crippen LogP contribution in [-0.4, -0.2) is 51.5 Å². The van der Waals surface area contributed by atoms with Crippen molar-refractivity contribution in [3.63, 3.8) is 0 Å². The van der Waals surface area contributed by atoms with Crippen molar-refractivity contribution in [1.29, 1.82) is 0 Å². The standard InChI is InChI=1S/C16H19NO8/c1-21-13-5-9-8-17(20)25-12(10(9)6-14(13)22-2)7-11(15(18)23-3)16(19)24-4/h5-6,8,11-12H,7H2,1-4H3.